The molecule has 0 aromatic heterocycles. The van der Waals surface area contributed by atoms with E-state index in [2.05, 4.69) is 47.6 Å². The Kier molecular flexibility index (Phi) is 5.33. The van der Waals surface area contributed by atoms with Gasteiger partial charge in [0.1, 0.15) is 18.3 Å². The number of likely N-dealkylation sites (N-methyl/N-ethyl adjacent to an activating group) is 1. The van der Waals surface area contributed by atoms with Crippen LogP contribution in [-0.4, -0.2) is 43.8 Å². The molecule has 1 unspecified atom stereocenters. The van der Waals surface area contributed by atoms with Crippen LogP contribution in [-0.2, 0) is 0 Å². The normalized spacial score (nSPS) is 20.5. The van der Waals surface area contributed by atoms with Gasteiger partial charge < -0.3 is 19.9 Å². The van der Waals surface area contributed by atoms with Gasteiger partial charge in [0.05, 0.1) is 27.2 Å². The number of methoxy groups -OCH3 is 1. The Morgan fingerprint density at radius 3 is 2.54 bits per heavy atom. The number of hydrogen-bond donors (Lipinski definition) is 2. The largest absolute Gasteiger partial charge is 0.497 e. The van der Waals surface area contributed by atoms with E-state index in [0.717, 1.165) is 36.2 Å². The van der Waals surface area contributed by atoms with Crippen molar-refractivity contribution >= 4 is 23.0 Å². The van der Waals surface area contributed by atoms with Crippen molar-refractivity contribution in [3.05, 3.63) is 60.2 Å². The van der Waals surface area contributed by atoms with Crippen molar-refractivity contribution in [1.29, 1.82) is 0 Å². The lowest BCUT2D eigenvalue weighted by molar-refractivity contribution is -0.887. The van der Waals surface area contributed by atoms with E-state index >= 15 is 0 Å². The third-order valence-corrected chi connectivity index (χ3v) is 4.82. The van der Waals surface area contributed by atoms with Crippen LogP contribution in [0, 0.1) is 0 Å². The fraction of sp³-hybridized carbons (Fsp3) is 0.316. The number of anilines is 1. The van der Waals surface area contributed by atoms with E-state index in [1.807, 2.05) is 24.3 Å². The standard InChI is InChI=1S/C19H23N3OS/c1-21-12-13-22(18(14-21)15-6-4-3-5-7-15)19(24)20-16-8-10-17(23-2)11-9-16/h3-11,18H,12-14H2,1-2H3,(H,20,24)/p+1/t18-/m1/s1. The number of quaternary nitrogens is 1. The smallest absolute Gasteiger partial charge is 0.174 e. The minimum absolute atomic E-state index is 0.304. The Labute approximate surface area is 149 Å². The third-order valence-electron chi connectivity index (χ3n) is 4.48. The van der Waals surface area contributed by atoms with Gasteiger partial charge in [-0.25, -0.2) is 0 Å². The van der Waals surface area contributed by atoms with Crippen LogP contribution in [0.25, 0.3) is 0 Å². The van der Waals surface area contributed by atoms with Crippen molar-refractivity contribution < 1.29 is 9.64 Å². The number of benzene rings is 2. The van der Waals surface area contributed by atoms with Gasteiger partial charge in [0.25, 0.3) is 0 Å². The first-order valence-corrected chi connectivity index (χ1v) is 8.66. The second-order valence-corrected chi connectivity index (χ2v) is 6.58. The number of rotatable bonds is 3. The molecule has 1 saturated heterocycles. The van der Waals surface area contributed by atoms with Crippen molar-refractivity contribution in [3.63, 3.8) is 0 Å². The van der Waals surface area contributed by atoms with Gasteiger partial charge in [0, 0.05) is 5.69 Å². The first-order valence-electron chi connectivity index (χ1n) is 8.25. The summed E-state index contributed by atoms with van der Waals surface area (Å²) in [4.78, 5) is 3.84. The maximum absolute atomic E-state index is 5.71. The van der Waals surface area contributed by atoms with Crippen LogP contribution in [0.3, 0.4) is 0 Å². The monoisotopic (exact) mass is 342 g/mol. The van der Waals surface area contributed by atoms with Gasteiger partial charge in [-0.15, -0.1) is 0 Å². The molecule has 5 heteroatoms. The minimum atomic E-state index is 0.304. The SMILES string of the molecule is COc1ccc(NC(=S)N2CC[NH+](C)C[C@@H]2c2ccccc2)cc1. The van der Waals surface area contributed by atoms with E-state index in [0.29, 0.717) is 6.04 Å². The molecule has 0 aliphatic carbocycles. The van der Waals surface area contributed by atoms with Crippen LogP contribution >= 0.6 is 12.2 Å². The number of thiocarbonyl (C=S) groups is 1. The summed E-state index contributed by atoms with van der Waals surface area (Å²) < 4.78 is 5.20. The summed E-state index contributed by atoms with van der Waals surface area (Å²) in [6.07, 6.45) is 0. The number of nitrogens with one attached hydrogen (secondary N) is 2. The zero-order chi connectivity index (χ0) is 16.9. The summed E-state index contributed by atoms with van der Waals surface area (Å²) in [7, 11) is 3.91. The van der Waals surface area contributed by atoms with E-state index < -0.39 is 0 Å². The lowest BCUT2D eigenvalue weighted by atomic mass is 10.0. The fourth-order valence-corrected chi connectivity index (χ4v) is 3.43. The molecule has 0 amide bonds. The molecule has 2 aromatic rings. The molecule has 1 heterocycles. The van der Waals surface area contributed by atoms with Crippen molar-refractivity contribution in [1.82, 2.24) is 4.90 Å². The Morgan fingerprint density at radius 2 is 1.88 bits per heavy atom. The zero-order valence-electron chi connectivity index (χ0n) is 14.2. The first-order chi connectivity index (χ1) is 11.7. The Bertz CT molecular complexity index is 675. The van der Waals surface area contributed by atoms with Crippen LogP contribution < -0.4 is 15.0 Å². The molecule has 1 aliphatic rings. The Balaban J connectivity index is 1.75. The van der Waals surface area contributed by atoms with E-state index in [-0.39, 0.29) is 0 Å². The molecule has 2 aromatic carbocycles. The van der Waals surface area contributed by atoms with Crippen molar-refractivity contribution in [2.45, 2.75) is 6.04 Å². The molecule has 3 rings (SSSR count). The first kappa shape index (κ1) is 16.7. The van der Waals surface area contributed by atoms with Crippen molar-refractivity contribution in [2.24, 2.45) is 0 Å². The molecule has 2 N–H and O–H groups in total. The van der Waals surface area contributed by atoms with Crippen LogP contribution in [0.1, 0.15) is 11.6 Å². The summed E-state index contributed by atoms with van der Waals surface area (Å²) in [5, 5.41) is 4.15. The highest BCUT2D eigenvalue weighted by molar-refractivity contribution is 7.80. The maximum Gasteiger partial charge on any atom is 0.174 e. The van der Waals surface area contributed by atoms with E-state index in [4.69, 9.17) is 17.0 Å². The molecule has 0 radical (unpaired) electrons. The average Bonchev–Trinajstić information content (AvgIpc) is 2.63. The fourth-order valence-electron chi connectivity index (χ4n) is 3.10. The average molecular weight is 342 g/mol. The Hall–Kier alpha value is -2.11. The van der Waals surface area contributed by atoms with Crippen LogP contribution in [0.2, 0.25) is 0 Å². The predicted molar refractivity (Wildman–Crippen MR) is 102 cm³/mol. The summed E-state index contributed by atoms with van der Waals surface area (Å²) in [5.41, 5.74) is 2.30. The lowest BCUT2D eigenvalue weighted by Gasteiger charge is -2.39. The number of piperazine rings is 1. The molecular weight excluding hydrogens is 318 g/mol. The van der Waals surface area contributed by atoms with Gasteiger partial charge in [-0.3, -0.25) is 0 Å². The van der Waals surface area contributed by atoms with Gasteiger partial charge in [-0.2, -0.15) is 0 Å². The molecule has 24 heavy (non-hydrogen) atoms. The van der Waals surface area contributed by atoms with Gasteiger partial charge in [0.2, 0.25) is 0 Å². The van der Waals surface area contributed by atoms with E-state index in [9.17, 15) is 0 Å². The second-order valence-electron chi connectivity index (χ2n) is 6.19. The van der Waals surface area contributed by atoms with Crippen LogP contribution in [0.15, 0.2) is 54.6 Å². The molecule has 4 nitrogen and oxygen atoms in total. The molecule has 2 atom stereocenters. The third kappa shape index (κ3) is 3.86. The van der Waals surface area contributed by atoms with Crippen LogP contribution in [0.4, 0.5) is 5.69 Å². The van der Waals surface area contributed by atoms with Gasteiger partial charge >= 0.3 is 0 Å². The molecular formula is C19H24N3OS+. The number of nitrogens with zero attached hydrogens (tertiary/aromatic N) is 1. The number of hydrogen-bond acceptors (Lipinski definition) is 2. The van der Waals surface area contributed by atoms with E-state index in [1.165, 1.54) is 10.5 Å². The van der Waals surface area contributed by atoms with E-state index in [1.54, 1.807) is 7.11 Å². The highest BCUT2D eigenvalue weighted by Gasteiger charge is 2.30. The highest BCUT2D eigenvalue weighted by Crippen LogP contribution is 2.22. The Morgan fingerprint density at radius 1 is 1.17 bits per heavy atom. The van der Waals surface area contributed by atoms with Gasteiger partial charge in [0.15, 0.2) is 5.11 Å². The molecule has 126 valence electrons. The molecule has 1 fully saturated rings. The summed E-state index contributed by atoms with van der Waals surface area (Å²) in [6.45, 7) is 3.09. The molecule has 1 aliphatic heterocycles. The molecule has 0 bridgehead atoms. The topological polar surface area (TPSA) is 28.9 Å². The quantitative estimate of drug-likeness (QED) is 0.835. The highest BCUT2D eigenvalue weighted by atomic mass is 32.1. The second kappa shape index (κ2) is 7.64. The molecule has 0 spiro atoms. The van der Waals surface area contributed by atoms with Gasteiger partial charge in [-0.05, 0) is 42.0 Å². The summed E-state index contributed by atoms with van der Waals surface area (Å²) in [5.74, 6) is 0.844. The van der Waals surface area contributed by atoms with Crippen LogP contribution in [0.5, 0.6) is 5.75 Å². The van der Waals surface area contributed by atoms with Gasteiger partial charge in [-0.1, -0.05) is 30.3 Å². The lowest BCUT2D eigenvalue weighted by Crippen LogP contribution is -3.12. The maximum atomic E-state index is 5.71. The number of ether oxygens (including phenoxy) is 1. The minimum Gasteiger partial charge on any atom is -0.497 e. The predicted octanol–water partition coefficient (Wildman–Crippen LogP) is 1.96. The van der Waals surface area contributed by atoms with Crippen molar-refractivity contribution in [3.8, 4) is 5.75 Å². The summed E-state index contributed by atoms with van der Waals surface area (Å²) >= 11 is 5.71. The van der Waals surface area contributed by atoms with Crippen molar-refractivity contribution in [2.75, 3.05) is 39.1 Å². The molecule has 0 saturated carbocycles. The zero-order valence-corrected chi connectivity index (χ0v) is 15.0. The summed E-state index contributed by atoms with van der Waals surface area (Å²) in [6, 6.07) is 18.8.